The van der Waals surface area contributed by atoms with Crippen molar-refractivity contribution in [2.75, 3.05) is 18.0 Å². The second-order valence-corrected chi connectivity index (χ2v) is 7.94. The number of hydrogen-bond donors (Lipinski definition) is 0. The average molecular weight is 474 g/mol. The van der Waals surface area contributed by atoms with Gasteiger partial charge in [-0.2, -0.15) is 18.3 Å². The Balaban J connectivity index is 1.33. The van der Waals surface area contributed by atoms with Gasteiger partial charge in [-0.25, -0.2) is 4.68 Å². The van der Waals surface area contributed by atoms with Crippen LogP contribution in [0.25, 0.3) is 5.69 Å². The molecule has 1 aromatic heterocycles. The zero-order valence-electron chi connectivity index (χ0n) is 17.9. The molecule has 0 amide bonds. The first-order valence-electron chi connectivity index (χ1n) is 10.6. The fourth-order valence-electron chi connectivity index (χ4n) is 3.91. The molecule has 0 aliphatic carbocycles. The van der Waals surface area contributed by atoms with Gasteiger partial charge in [0.05, 0.1) is 22.1 Å². The van der Waals surface area contributed by atoms with E-state index in [0.717, 1.165) is 23.4 Å². The van der Waals surface area contributed by atoms with Crippen LogP contribution in [0.4, 0.5) is 24.5 Å². The van der Waals surface area contributed by atoms with E-state index < -0.39 is 22.4 Å². The van der Waals surface area contributed by atoms with Crippen molar-refractivity contribution in [1.82, 2.24) is 9.78 Å². The molecule has 2 heterocycles. The fourth-order valence-corrected chi connectivity index (χ4v) is 3.91. The van der Waals surface area contributed by atoms with Crippen LogP contribution in [0.5, 0.6) is 0 Å². The number of carbonyl (C=O) groups is 1. The molecule has 0 saturated carbocycles. The van der Waals surface area contributed by atoms with E-state index in [0.29, 0.717) is 32.0 Å². The number of alkyl halides is 3. The molecule has 1 aliphatic rings. The number of carbonyl (C=O) groups excluding carboxylic acids is 1. The number of nitro groups is 1. The van der Waals surface area contributed by atoms with Gasteiger partial charge in [-0.05, 0) is 48.7 Å². The molecular formula is C23H21F3N4O4. The van der Waals surface area contributed by atoms with E-state index in [4.69, 9.17) is 4.74 Å². The second-order valence-electron chi connectivity index (χ2n) is 7.94. The van der Waals surface area contributed by atoms with Crippen LogP contribution < -0.4 is 4.90 Å². The molecule has 2 aromatic carbocycles. The van der Waals surface area contributed by atoms with Crippen molar-refractivity contribution in [1.29, 1.82) is 0 Å². The molecule has 0 unspecified atom stereocenters. The van der Waals surface area contributed by atoms with Crippen LogP contribution in [-0.2, 0) is 22.3 Å². The van der Waals surface area contributed by atoms with Crippen LogP contribution in [0.2, 0.25) is 0 Å². The van der Waals surface area contributed by atoms with Crippen molar-refractivity contribution in [3.05, 3.63) is 82.2 Å². The average Bonchev–Trinajstić information content (AvgIpc) is 3.37. The lowest BCUT2D eigenvalue weighted by Gasteiger charge is -2.32. The molecule has 34 heavy (non-hydrogen) atoms. The highest BCUT2D eigenvalue weighted by Gasteiger charge is 2.35. The van der Waals surface area contributed by atoms with E-state index in [2.05, 4.69) is 5.10 Å². The predicted molar refractivity (Wildman–Crippen MR) is 116 cm³/mol. The SMILES string of the molecule is O=C(OCc1ccc(-n2cccn2)cc1)C1CCN(c2ccc(C(F)(F)F)cc2[N+](=O)[O-])CC1. The predicted octanol–water partition coefficient (Wildman–Crippen LogP) is 4.76. The number of anilines is 1. The Hall–Kier alpha value is -3.89. The van der Waals surface area contributed by atoms with Crippen molar-refractivity contribution in [2.45, 2.75) is 25.6 Å². The number of benzene rings is 2. The van der Waals surface area contributed by atoms with Crippen LogP contribution >= 0.6 is 0 Å². The highest BCUT2D eigenvalue weighted by atomic mass is 19.4. The van der Waals surface area contributed by atoms with Crippen molar-refractivity contribution in [2.24, 2.45) is 5.92 Å². The van der Waals surface area contributed by atoms with E-state index in [-0.39, 0.29) is 24.2 Å². The van der Waals surface area contributed by atoms with Gasteiger partial charge in [-0.3, -0.25) is 14.9 Å². The van der Waals surface area contributed by atoms with E-state index >= 15 is 0 Å². The number of hydrogen-bond acceptors (Lipinski definition) is 6. The fraction of sp³-hybridized carbons (Fsp3) is 0.304. The lowest BCUT2D eigenvalue weighted by Crippen LogP contribution is -2.37. The van der Waals surface area contributed by atoms with Gasteiger partial charge in [0.1, 0.15) is 12.3 Å². The van der Waals surface area contributed by atoms with E-state index in [1.54, 1.807) is 15.8 Å². The monoisotopic (exact) mass is 474 g/mol. The molecule has 0 spiro atoms. The zero-order chi connectivity index (χ0) is 24.3. The number of esters is 1. The summed E-state index contributed by atoms with van der Waals surface area (Å²) in [5.74, 6) is -0.745. The Morgan fingerprint density at radius 1 is 1.15 bits per heavy atom. The minimum atomic E-state index is -4.67. The number of ether oxygens (including phenoxy) is 1. The summed E-state index contributed by atoms with van der Waals surface area (Å²) in [5, 5.41) is 15.5. The van der Waals surface area contributed by atoms with Crippen LogP contribution in [0.1, 0.15) is 24.0 Å². The summed E-state index contributed by atoms with van der Waals surface area (Å²) in [7, 11) is 0. The van der Waals surface area contributed by atoms with Crippen LogP contribution in [0.15, 0.2) is 60.9 Å². The van der Waals surface area contributed by atoms with E-state index in [1.165, 1.54) is 0 Å². The summed E-state index contributed by atoms with van der Waals surface area (Å²) >= 11 is 0. The van der Waals surface area contributed by atoms with Gasteiger partial charge in [-0.1, -0.05) is 12.1 Å². The van der Waals surface area contributed by atoms with Gasteiger partial charge in [-0.15, -0.1) is 0 Å². The maximum absolute atomic E-state index is 12.9. The molecule has 8 nitrogen and oxygen atoms in total. The van der Waals surface area contributed by atoms with Crippen molar-refractivity contribution >= 4 is 17.3 Å². The molecule has 4 rings (SSSR count). The lowest BCUT2D eigenvalue weighted by atomic mass is 9.96. The molecule has 1 saturated heterocycles. The van der Waals surface area contributed by atoms with Crippen LogP contribution in [-0.4, -0.2) is 33.8 Å². The number of nitro benzene ring substituents is 1. The molecule has 0 radical (unpaired) electrons. The summed E-state index contributed by atoms with van der Waals surface area (Å²) in [4.78, 5) is 24.7. The number of aromatic nitrogens is 2. The van der Waals surface area contributed by atoms with Crippen molar-refractivity contribution < 1.29 is 27.6 Å². The molecule has 178 valence electrons. The Morgan fingerprint density at radius 3 is 2.44 bits per heavy atom. The molecule has 3 aromatic rings. The molecule has 1 fully saturated rings. The van der Waals surface area contributed by atoms with Gasteiger partial charge < -0.3 is 9.64 Å². The van der Waals surface area contributed by atoms with E-state index in [9.17, 15) is 28.1 Å². The molecule has 1 aliphatic heterocycles. The number of rotatable bonds is 6. The minimum absolute atomic E-state index is 0.113. The summed E-state index contributed by atoms with van der Waals surface area (Å²) in [5.41, 5.74) is 0.141. The third-order valence-electron chi connectivity index (χ3n) is 5.75. The number of piperidine rings is 1. The Labute approximate surface area is 192 Å². The number of nitrogens with zero attached hydrogens (tertiary/aromatic N) is 4. The van der Waals surface area contributed by atoms with E-state index in [1.807, 2.05) is 36.5 Å². The van der Waals surface area contributed by atoms with Gasteiger partial charge >= 0.3 is 12.1 Å². The van der Waals surface area contributed by atoms with Crippen molar-refractivity contribution in [3.8, 4) is 5.69 Å². The first-order chi connectivity index (χ1) is 16.2. The molecule has 0 atom stereocenters. The zero-order valence-corrected chi connectivity index (χ0v) is 17.9. The minimum Gasteiger partial charge on any atom is -0.461 e. The maximum atomic E-state index is 12.9. The third-order valence-corrected chi connectivity index (χ3v) is 5.75. The van der Waals surface area contributed by atoms with Crippen molar-refractivity contribution in [3.63, 3.8) is 0 Å². The van der Waals surface area contributed by atoms with Gasteiger partial charge in [0.2, 0.25) is 0 Å². The third kappa shape index (κ3) is 5.19. The molecule has 11 heteroatoms. The molecular weight excluding hydrogens is 453 g/mol. The maximum Gasteiger partial charge on any atom is 0.416 e. The Bertz CT molecular complexity index is 1160. The smallest absolute Gasteiger partial charge is 0.416 e. The highest BCUT2D eigenvalue weighted by molar-refractivity contribution is 5.73. The lowest BCUT2D eigenvalue weighted by molar-refractivity contribution is -0.384. The summed E-state index contributed by atoms with van der Waals surface area (Å²) in [6.45, 7) is 0.706. The summed E-state index contributed by atoms with van der Waals surface area (Å²) in [6.07, 6.45) is -0.401. The topological polar surface area (TPSA) is 90.5 Å². The van der Waals surface area contributed by atoms with Crippen LogP contribution in [0.3, 0.4) is 0 Å². The largest absolute Gasteiger partial charge is 0.461 e. The quantitative estimate of drug-likeness (QED) is 0.291. The second kappa shape index (κ2) is 9.54. The molecule has 0 N–H and O–H groups in total. The normalized spacial score (nSPS) is 14.7. The summed E-state index contributed by atoms with van der Waals surface area (Å²) < 4.78 is 46.0. The Kier molecular flexibility index (Phi) is 6.53. The first kappa shape index (κ1) is 23.3. The Morgan fingerprint density at radius 2 is 1.85 bits per heavy atom. The first-order valence-corrected chi connectivity index (χ1v) is 10.6. The highest BCUT2D eigenvalue weighted by Crippen LogP contribution is 2.37. The molecule has 0 bridgehead atoms. The summed E-state index contributed by atoms with van der Waals surface area (Å²) in [6, 6.07) is 11.7. The van der Waals surface area contributed by atoms with Gasteiger partial charge in [0.15, 0.2) is 0 Å². The van der Waals surface area contributed by atoms with Gasteiger partial charge in [0.25, 0.3) is 5.69 Å². The van der Waals surface area contributed by atoms with Crippen LogP contribution in [0, 0.1) is 16.0 Å². The standard InChI is InChI=1S/C23H21F3N4O4/c24-23(25,26)18-4-7-20(21(14-18)30(32)33)28-12-8-17(9-13-28)22(31)34-15-16-2-5-19(6-3-16)29-11-1-10-27-29/h1-7,10-11,14,17H,8-9,12-13,15H2. The van der Waals surface area contributed by atoms with Gasteiger partial charge in [0, 0.05) is 31.5 Å². The number of halogens is 3.